The summed E-state index contributed by atoms with van der Waals surface area (Å²) in [6.07, 6.45) is 2.12. The normalized spacial score (nSPS) is 10.9. The van der Waals surface area contributed by atoms with Gasteiger partial charge >= 0.3 is 0 Å². The highest BCUT2D eigenvalue weighted by molar-refractivity contribution is 4.95. The Morgan fingerprint density at radius 2 is 1.80 bits per heavy atom. The number of hydrogen-bond acceptors (Lipinski definition) is 0. The van der Waals surface area contributed by atoms with Crippen LogP contribution in [0.4, 0.5) is 0 Å². The van der Waals surface area contributed by atoms with Gasteiger partial charge in [0, 0.05) is 12.1 Å². The smallest absolute Gasteiger partial charge is 0.236 e. The Bertz CT molecular complexity index is 295. The van der Waals surface area contributed by atoms with Crippen LogP contribution < -0.4 is 28.5 Å². The molecular formula is C12H22IN2+. The average Bonchev–Trinajstić information content (AvgIpc) is 2.21. The third-order valence-electron chi connectivity index (χ3n) is 3.23. The highest BCUT2D eigenvalue weighted by Gasteiger charge is 2.21. The fraction of sp³-hybridized carbons (Fsp3) is 0.583. The molecule has 1 aromatic heterocycles. The zero-order valence-electron chi connectivity index (χ0n) is 10.2. The number of aryl methyl sites for hydroxylation is 1. The molecule has 1 rings (SSSR count). The number of rotatable bonds is 4. The van der Waals surface area contributed by atoms with Gasteiger partial charge in [0.2, 0.25) is 5.69 Å². The Hall–Kier alpha value is -0.160. The first-order chi connectivity index (χ1) is 6.61. The zero-order chi connectivity index (χ0) is 10.6. The first-order valence-corrected chi connectivity index (χ1v) is 5.38. The lowest BCUT2D eigenvalue weighted by atomic mass is 10.3. The van der Waals surface area contributed by atoms with E-state index in [-0.39, 0.29) is 24.0 Å². The molecule has 0 aliphatic heterocycles. The highest BCUT2D eigenvalue weighted by Crippen LogP contribution is 2.07. The minimum absolute atomic E-state index is 0. The highest BCUT2D eigenvalue weighted by atomic mass is 127. The van der Waals surface area contributed by atoms with Crippen molar-refractivity contribution >= 4 is 0 Å². The maximum atomic E-state index is 2.31. The molecule has 0 spiro atoms. The average molecular weight is 321 g/mol. The summed E-state index contributed by atoms with van der Waals surface area (Å²) < 4.78 is 3.32. The Morgan fingerprint density at radius 1 is 1.20 bits per heavy atom. The van der Waals surface area contributed by atoms with Crippen molar-refractivity contribution in [2.75, 3.05) is 20.1 Å². The molecule has 1 aromatic rings. The lowest BCUT2D eigenvalue weighted by molar-refractivity contribution is -0.927. The van der Waals surface area contributed by atoms with E-state index < -0.39 is 0 Å². The molecule has 0 amide bonds. The van der Waals surface area contributed by atoms with Crippen molar-refractivity contribution in [3.63, 3.8) is 0 Å². The number of aromatic nitrogens is 1. The first-order valence-electron chi connectivity index (χ1n) is 5.38. The van der Waals surface area contributed by atoms with Crippen molar-refractivity contribution in [2.24, 2.45) is 7.05 Å². The quantitative estimate of drug-likeness (QED) is 0.361. The monoisotopic (exact) mass is 321 g/mol. The molecule has 0 aliphatic carbocycles. The molecule has 0 N–H and O–H groups in total. The molecule has 0 fully saturated rings. The van der Waals surface area contributed by atoms with E-state index in [4.69, 9.17) is 0 Å². The lowest BCUT2D eigenvalue weighted by Crippen LogP contribution is -3.00. The minimum Gasteiger partial charge on any atom is -1.00 e. The Labute approximate surface area is 111 Å². The topological polar surface area (TPSA) is 3.88 Å². The summed E-state index contributed by atoms with van der Waals surface area (Å²) in [4.78, 5) is 0. The van der Waals surface area contributed by atoms with Gasteiger partial charge in [0.1, 0.15) is 7.05 Å². The SMILES string of the molecule is CC[N+](C)(CC)Cc1cccc[n+]1C.[I-]. The summed E-state index contributed by atoms with van der Waals surface area (Å²) in [7, 11) is 4.43. The van der Waals surface area contributed by atoms with Crippen LogP contribution in [0.2, 0.25) is 0 Å². The van der Waals surface area contributed by atoms with Crippen molar-refractivity contribution in [2.45, 2.75) is 20.4 Å². The van der Waals surface area contributed by atoms with Gasteiger partial charge in [-0.05, 0) is 19.9 Å². The molecule has 0 saturated heterocycles. The van der Waals surface area contributed by atoms with Crippen LogP contribution in [0.3, 0.4) is 0 Å². The third-order valence-corrected chi connectivity index (χ3v) is 3.23. The van der Waals surface area contributed by atoms with Gasteiger partial charge in [-0.2, -0.15) is 0 Å². The van der Waals surface area contributed by atoms with Crippen LogP contribution >= 0.6 is 0 Å². The summed E-state index contributed by atoms with van der Waals surface area (Å²) in [5.74, 6) is 0. The number of quaternary nitrogens is 1. The molecule has 2 nitrogen and oxygen atoms in total. The van der Waals surface area contributed by atoms with E-state index in [2.05, 4.69) is 56.9 Å². The second-order valence-corrected chi connectivity index (χ2v) is 4.21. The fourth-order valence-corrected chi connectivity index (χ4v) is 1.56. The van der Waals surface area contributed by atoms with Crippen molar-refractivity contribution in [1.29, 1.82) is 0 Å². The van der Waals surface area contributed by atoms with Crippen LogP contribution in [-0.2, 0) is 13.6 Å². The second kappa shape index (κ2) is 6.43. The maximum absolute atomic E-state index is 2.31. The van der Waals surface area contributed by atoms with E-state index in [1.807, 2.05) is 0 Å². The van der Waals surface area contributed by atoms with Crippen LogP contribution in [0.15, 0.2) is 24.4 Å². The van der Waals surface area contributed by atoms with Crippen molar-refractivity contribution in [1.82, 2.24) is 0 Å². The molecule has 1 heterocycles. The molecule has 0 atom stereocenters. The maximum Gasteiger partial charge on any atom is 0.236 e. The fourth-order valence-electron chi connectivity index (χ4n) is 1.56. The Kier molecular flexibility index (Phi) is 6.36. The summed E-state index contributed by atoms with van der Waals surface area (Å²) in [6.45, 7) is 8.00. The Morgan fingerprint density at radius 3 is 2.27 bits per heavy atom. The van der Waals surface area contributed by atoms with E-state index in [1.54, 1.807) is 0 Å². The van der Waals surface area contributed by atoms with Crippen LogP contribution in [-0.4, -0.2) is 24.6 Å². The molecule has 86 valence electrons. The summed E-state index contributed by atoms with van der Waals surface area (Å²) in [6, 6.07) is 6.40. The summed E-state index contributed by atoms with van der Waals surface area (Å²) in [5, 5.41) is 0. The Balaban J connectivity index is 0.00000196. The molecule has 0 aromatic carbocycles. The van der Waals surface area contributed by atoms with Crippen molar-refractivity contribution in [3.05, 3.63) is 30.1 Å². The van der Waals surface area contributed by atoms with Gasteiger partial charge in [0.15, 0.2) is 12.7 Å². The number of nitrogens with zero attached hydrogens (tertiary/aromatic N) is 2. The molecule has 0 aliphatic rings. The molecule has 0 unspecified atom stereocenters. The van der Waals surface area contributed by atoms with E-state index in [0.29, 0.717) is 0 Å². The van der Waals surface area contributed by atoms with Gasteiger partial charge in [-0.15, -0.1) is 0 Å². The third kappa shape index (κ3) is 4.07. The van der Waals surface area contributed by atoms with Crippen molar-refractivity contribution in [3.8, 4) is 0 Å². The van der Waals surface area contributed by atoms with Crippen LogP contribution in [0, 0.1) is 0 Å². The molecular weight excluding hydrogens is 299 g/mol. The number of halogens is 1. The first kappa shape index (κ1) is 14.8. The van der Waals surface area contributed by atoms with E-state index in [1.165, 1.54) is 18.8 Å². The summed E-state index contributed by atoms with van der Waals surface area (Å²) >= 11 is 0. The minimum atomic E-state index is 0. The van der Waals surface area contributed by atoms with E-state index in [0.717, 1.165) is 11.0 Å². The molecule has 0 radical (unpaired) electrons. The largest absolute Gasteiger partial charge is 1.00 e. The van der Waals surface area contributed by atoms with Gasteiger partial charge in [-0.25, -0.2) is 4.57 Å². The zero-order valence-corrected chi connectivity index (χ0v) is 12.4. The van der Waals surface area contributed by atoms with Gasteiger partial charge in [0.05, 0.1) is 20.1 Å². The molecule has 15 heavy (non-hydrogen) atoms. The predicted molar refractivity (Wildman–Crippen MR) is 58.6 cm³/mol. The van der Waals surface area contributed by atoms with E-state index in [9.17, 15) is 0 Å². The predicted octanol–water partition coefficient (Wildman–Crippen LogP) is -1.50. The van der Waals surface area contributed by atoms with Gasteiger partial charge in [0.25, 0.3) is 0 Å². The van der Waals surface area contributed by atoms with Gasteiger partial charge < -0.3 is 28.5 Å². The van der Waals surface area contributed by atoms with Crippen LogP contribution in [0.25, 0.3) is 0 Å². The molecule has 0 bridgehead atoms. The summed E-state index contributed by atoms with van der Waals surface area (Å²) in [5.41, 5.74) is 1.40. The molecule has 0 saturated carbocycles. The molecule has 3 heteroatoms. The van der Waals surface area contributed by atoms with E-state index >= 15 is 0 Å². The van der Waals surface area contributed by atoms with Crippen LogP contribution in [0.5, 0.6) is 0 Å². The van der Waals surface area contributed by atoms with Crippen LogP contribution in [0.1, 0.15) is 19.5 Å². The standard InChI is InChI=1S/C12H22N2.HI/c1-5-14(4,6-2)11-12-9-7-8-10-13(12)3;/h7-10H,5-6,11H2,1-4H3;1H/q+2;/p-1. The number of pyridine rings is 1. The second-order valence-electron chi connectivity index (χ2n) is 4.21. The number of hydrogen-bond donors (Lipinski definition) is 0. The lowest BCUT2D eigenvalue weighted by Gasteiger charge is -2.30. The van der Waals surface area contributed by atoms with Gasteiger partial charge in [-0.3, -0.25) is 0 Å². The van der Waals surface area contributed by atoms with Crippen molar-refractivity contribution < 1.29 is 33.0 Å². The van der Waals surface area contributed by atoms with Gasteiger partial charge in [-0.1, -0.05) is 0 Å².